The lowest BCUT2D eigenvalue weighted by molar-refractivity contribution is 0.138. The first-order valence-electron chi connectivity index (χ1n) is 4.95. The maximum Gasteiger partial charge on any atom is 0.410 e. The molecule has 3 nitrogen and oxygen atoms in total. The fourth-order valence-electron chi connectivity index (χ4n) is 1.59. The van der Waals surface area contributed by atoms with Crippen molar-refractivity contribution in [3.63, 3.8) is 0 Å². The molecule has 1 amide bonds. The first-order valence-corrected chi connectivity index (χ1v) is 5.48. The normalized spacial score (nSPS) is 20.0. The van der Waals surface area contributed by atoms with Gasteiger partial charge in [-0.2, -0.15) is 0 Å². The summed E-state index contributed by atoms with van der Waals surface area (Å²) in [6, 6.07) is 6.04. The first-order chi connectivity index (χ1) is 7.69. The molecule has 0 N–H and O–H groups in total. The molecule has 0 aromatic heterocycles. The molecule has 1 atom stereocenters. The summed E-state index contributed by atoms with van der Waals surface area (Å²) >= 11 is 5.61. The Labute approximate surface area is 97.8 Å². The van der Waals surface area contributed by atoms with Crippen molar-refractivity contribution >= 4 is 17.7 Å². The van der Waals surface area contributed by atoms with E-state index in [1.165, 1.54) is 12.1 Å². The van der Waals surface area contributed by atoms with Crippen LogP contribution >= 0.6 is 11.6 Å². The smallest absolute Gasteiger partial charge is 0.410 e. The van der Waals surface area contributed by atoms with E-state index in [9.17, 15) is 9.18 Å². The van der Waals surface area contributed by atoms with Crippen LogP contribution in [0.15, 0.2) is 24.3 Å². The summed E-state index contributed by atoms with van der Waals surface area (Å²) in [5, 5.41) is 0. The van der Waals surface area contributed by atoms with Crippen LogP contribution in [0.5, 0.6) is 0 Å². The van der Waals surface area contributed by atoms with Gasteiger partial charge in [0.25, 0.3) is 0 Å². The molecule has 0 bridgehead atoms. The zero-order valence-electron chi connectivity index (χ0n) is 8.53. The van der Waals surface area contributed by atoms with E-state index in [1.54, 1.807) is 17.0 Å². The minimum absolute atomic E-state index is 0.241. The van der Waals surface area contributed by atoms with E-state index in [0.29, 0.717) is 19.0 Å². The zero-order valence-corrected chi connectivity index (χ0v) is 9.28. The van der Waals surface area contributed by atoms with Crippen molar-refractivity contribution in [2.75, 3.05) is 12.4 Å². The van der Waals surface area contributed by atoms with Crippen LogP contribution in [-0.4, -0.2) is 29.5 Å². The molecule has 1 aromatic rings. The van der Waals surface area contributed by atoms with E-state index in [2.05, 4.69) is 0 Å². The molecule has 1 heterocycles. The number of carbonyl (C=O) groups excluding carboxylic acids is 1. The van der Waals surface area contributed by atoms with Crippen molar-refractivity contribution in [3.05, 3.63) is 35.6 Å². The van der Waals surface area contributed by atoms with Gasteiger partial charge in [0.1, 0.15) is 11.9 Å². The lowest BCUT2D eigenvalue weighted by atomic mass is 10.2. The number of benzene rings is 1. The van der Waals surface area contributed by atoms with Gasteiger partial charge in [0.2, 0.25) is 0 Å². The monoisotopic (exact) mass is 243 g/mol. The highest BCUT2D eigenvalue weighted by molar-refractivity contribution is 6.18. The first kappa shape index (κ1) is 11.2. The van der Waals surface area contributed by atoms with Crippen LogP contribution in [0.3, 0.4) is 0 Å². The second kappa shape index (κ2) is 4.70. The van der Waals surface area contributed by atoms with Crippen LogP contribution in [0.2, 0.25) is 0 Å². The van der Waals surface area contributed by atoms with E-state index < -0.39 is 0 Å². The molecular formula is C11H11ClFNO2. The van der Waals surface area contributed by atoms with Gasteiger partial charge in [0.05, 0.1) is 12.4 Å². The summed E-state index contributed by atoms with van der Waals surface area (Å²) in [4.78, 5) is 12.9. The van der Waals surface area contributed by atoms with Crippen LogP contribution in [0.25, 0.3) is 0 Å². The maximum atomic E-state index is 12.7. The van der Waals surface area contributed by atoms with Gasteiger partial charge in [-0.1, -0.05) is 12.1 Å². The van der Waals surface area contributed by atoms with Crippen molar-refractivity contribution in [1.82, 2.24) is 4.90 Å². The highest BCUT2D eigenvalue weighted by atomic mass is 35.5. The lowest BCUT2D eigenvalue weighted by Crippen LogP contribution is -2.24. The number of alkyl halides is 1. The van der Waals surface area contributed by atoms with Gasteiger partial charge in [-0.05, 0) is 17.7 Å². The molecule has 0 aliphatic carbocycles. The molecule has 1 unspecified atom stereocenters. The molecule has 0 saturated carbocycles. The standard InChI is InChI=1S/C11H11ClFNO2/c12-5-10-7-14(11(15)16-10)6-8-1-3-9(13)4-2-8/h1-4,10H,5-7H2. The summed E-state index contributed by atoms with van der Waals surface area (Å²) in [5.41, 5.74) is 0.869. The van der Waals surface area contributed by atoms with Gasteiger partial charge in [0.15, 0.2) is 0 Å². The number of ether oxygens (including phenoxy) is 1. The number of rotatable bonds is 3. The second-order valence-electron chi connectivity index (χ2n) is 3.67. The molecule has 1 aromatic carbocycles. The third kappa shape index (κ3) is 2.44. The highest BCUT2D eigenvalue weighted by Crippen LogP contribution is 2.16. The van der Waals surface area contributed by atoms with Crippen molar-refractivity contribution in [2.24, 2.45) is 0 Å². The van der Waals surface area contributed by atoms with Gasteiger partial charge in [0, 0.05) is 6.54 Å². The molecule has 5 heteroatoms. The van der Waals surface area contributed by atoms with Crippen molar-refractivity contribution < 1.29 is 13.9 Å². The molecule has 16 heavy (non-hydrogen) atoms. The lowest BCUT2D eigenvalue weighted by Gasteiger charge is -2.12. The third-order valence-corrected chi connectivity index (χ3v) is 2.75. The average molecular weight is 244 g/mol. The van der Waals surface area contributed by atoms with E-state index in [1.807, 2.05) is 0 Å². The maximum absolute atomic E-state index is 12.7. The largest absolute Gasteiger partial charge is 0.443 e. The number of cyclic esters (lactones) is 1. The Bertz CT molecular complexity index is 382. The summed E-state index contributed by atoms with van der Waals surface area (Å²) in [6.07, 6.45) is -0.607. The number of carbonyl (C=O) groups is 1. The number of hydrogen-bond donors (Lipinski definition) is 0. The number of amides is 1. The third-order valence-electron chi connectivity index (χ3n) is 2.41. The summed E-state index contributed by atoms with van der Waals surface area (Å²) < 4.78 is 17.7. The van der Waals surface area contributed by atoms with Crippen LogP contribution in [0, 0.1) is 5.82 Å². The zero-order chi connectivity index (χ0) is 11.5. The molecule has 1 aliphatic rings. The SMILES string of the molecule is O=C1OC(CCl)CN1Cc1ccc(F)cc1. The Balaban J connectivity index is 2.00. The average Bonchev–Trinajstić information content (AvgIpc) is 2.63. The molecule has 0 radical (unpaired) electrons. The quantitative estimate of drug-likeness (QED) is 0.763. The molecule has 1 fully saturated rings. The summed E-state index contributed by atoms with van der Waals surface area (Å²) in [7, 11) is 0. The van der Waals surface area contributed by atoms with Crippen LogP contribution in [0.1, 0.15) is 5.56 Å². The minimum atomic E-state index is -0.366. The highest BCUT2D eigenvalue weighted by Gasteiger charge is 2.30. The van der Waals surface area contributed by atoms with E-state index in [-0.39, 0.29) is 18.0 Å². The molecule has 0 spiro atoms. The predicted molar refractivity (Wildman–Crippen MR) is 57.8 cm³/mol. The van der Waals surface area contributed by atoms with Gasteiger partial charge >= 0.3 is 6.09 Å². The van der Waals surface area contributed by atoms with E-state index in [0.717, 1.165) is 5.56 Å². The Morgan fingerprint density at radius 3 is 2.69 bits per heavy atom. The van der Waals surface area contributed by atoms with Crippen molar-refractivity contribution in [3.8, 4) is 0 Å². The Hall–Kier alpha value is -1.29. The van der Waals surface area contributed by atoms with Crippen LogP contribution < -0.4 is 0 Å². The summed E-state index contributed by atoms with van der Waals surface area (Å²) in [5.74, 6) is 0.0115. The Morgan fingerprint density at radius 1 is 1.44 bits per heavy atom. The molecule has 1 aliphatic heterocycles. The molecule has 86 valence electrons. The van der Waals surface area contributed by atoms with Crippen molar-refractivity contribution in [2.45, 2.75) is 12.6 Å². The minimum Gasteiger partial charge on any atom is -0.443 e. The van der Waals surface area contributed by atoms with Crippen LogP contribution in [0.4, 0.5) is 9.18 Å². The van der Waals surface area contributed by atoms with E-state index in [4.69, 9.17) is 16.3 Å². The Kier molecular flexibility index (Phi) is 3.29. The van der Waals surface area contributed by atoms with E-state index >= 15 is 0 Å². The summed E-state index contributed by atoms with van der Waals surface area (Å²) in [6.45, 7) is 0.909. The number of nitrogens with zero attached hydrogens (tertiary/aromatic N) is 1. The predicted octanol–water partition coefficient (Wildman–Crippen LogP) is 2.39. The number of hydrogen-bond acceptors (Lipinski definition) is 2. The van der Waals surface area contributed by atoms with Gasteiger partial charge < -0.3 is 9.64 Å². The number of halogens is 2. The molecule has 1 saturated heterocycles. The molecular weight excluding hydrogens is 233 g/mol. The van der Waals surface area contributed by atoms with Gasteiger partial charge in [-0.15, -0.1) is 11.6 Å². The molecule has 2 rings (SSSR count). The van der Waals surface area contributed by atoms with Crippen LogP contribution in [-0.2, 0) is 11.3 Å². The van der Waals surface area contributed by atoms with Gasteiger partial charge in [-0.25, -0.2) is 9.18 Å². The fourth-order valence-corrected chi connectivity index (χ4v) is 1.75. The van der Waals surface area contributed by atoms with Gasteiger partial charge in [-0.3, -0.25) is 0 Å². The fraction of sp³-hybridized carbons (Fsp3) is 0.364. The topological polar surface area (TPSA) is 29.5 Å². The Morgan fingerprint density at radius 2 is 2.12 bits per heavy atom. The second-order valence-corrected chi connectivity index (χ2v) is 3.98. The van der Waals surface area contributed by atoms with Crippen molar-refractivity contribution in [1.29, 1.82) is 0 Å².